The fraction of sp³-hybridized carbons (Fsp3) is 0.692. The minimum atomic E-state index is -0.0395. The van der Waals surface area contributed by atoms with Crippen LogP contribution in [0.25, 0.3) is 0 Å². The van der Waals surface area contributed by atoms with Gasteiger partial charge < -0.3 is 15.4 Å². The van der Waals surface area contributed by atoms with Crippen LogP contribution in [0.15, 0.2) is 12.2 Å². The van der Waals surface area contributed by atoms with Gasteiger partial charge in [0.15, 0.2) is 0 Å². The van der Waals surface area contributed by atoms with Crippen molar-refractivity contribution in [1.82, 2.24) is 10.6 Å². The largest absolute Gasteiger partial charge is 0.378 e. The maximum atomic E-state index is 11.2. The number of carbonyl (C=O) groups excluding carboxylic acids is 2. The quantitative estimate of drug-likeness (QED) is 0.452. The lowest BCUT2D eigenvalue weighted by Gasteiger charge is -2.07. The fourth-order valence-corrected chi connectivity index (χ4v) is 1.28. The SMILES string of the molecule is C=C(C)CC(=O)NCCOCCNC(=O)CCC. The van der Waals surface area contributed by atoms with E-state index >= 15 is 0 Å². The lowest BCUT2D eigenvalue weighted by molar-refractivity contribution is -0.121. The second-order valence-electron chi connectivity index (χ2n) is 4.20. The molecule has 2 amide bonds. The van der Waals surface area contributed by atoms with Crippen LogP contribution in [0, 0.1) is 0 Å². The van der Waals surface area contributed by atoms with E-state index in [1.807, 2.05) is 13.8 Å². The number of rotatable bonds is 10. The third kappa shape index (κ3) is 11.1. The van der Waals surface area contributed by atoms with Crippen LogP contribution < -0.4 is 10.6 Å². The van der Waals surface area contributed by atoms with Gasteiger partial charge in [0.1, 0.15) is 0 Å². The summed E-state index contributed by atoms with van der Waals surface area (Å²) in [6, 6.07) is 0. The zero-order valence-electron chi connectivity index (χ0n) is 11.4. The van der Waals surface area contributed by atoms with Gasteiger partial charge in [-0.1, -0.05) is 19.1 Å². The molecule has 0 fully saturated rings. The first-order valence-electron chi connectivity index (χ1n) is 6.31. The molecule has 18 heavy (non-hydrogen) atoms. The molecular formula is C13H24N2O3. The molecule has 0 aliphatic carbocycles. The first kappa shape index (κ1) is 16.6. The number of ether oxygens (including phenoxy) is 1. The molecule has 2 N–H and O–H groups in total. The summed E-state index contributed by atoms with van der Waals surface area (Å²) < 4.78 is 5.27. The van der Waals surface area contributed by atoms with Crippen molar-refractivity contribution in [2.45, 2.75) is 33.1 Å². The molecule has 0 aromatic heterocycles. The molecule has 0 atom stereocenters. The molecular weight excluding hydrogens is 232 g/mol. The summed E-state index contributed by atoms with van der Waals surface area (Å²) in [5, 5.41) is 5.47. The highest BCUT2D eigenvalue weighted by Gasteiger charge is 2.00. The molecule has 5 heteroatoms. The summed E-state index contributed by atoms with van der Waals surface area (Å²) >= 11 is 0. The number of hydrogen-bond acceptors (Lipinski definition) is 3. The molecule has 0 saturated heterocycles. The Morgan fingerprint density at radius 1 is 1.11 bits per heavy atom. The van der Waals surface area contributed by atoms with Crippen LogP contribution in [0.3, 0.4) is 0 Å². The predicted octanol–water partition coefficient (Wildman–Crippen LogP) is 1.00. The average molecular weight is 256 g/mol. The van der Waals surface area contributed by atoms with Crippen molar-refractivity contribution in [2.75, 3.05) is 26.3 Å². The average Bonchev–Trinajstić information content (AvgIpc) is 2.27. The molecule has 0 radical (unpaired) electrons. The van der Waals surface area contributed by atoms with Crippen molar-refractivity contribution < 1.29 is 14.3 Å². The molecule has 104 valence electrons. The van der Waals surface area contributed by atoms with Gasteiger partial charge in [0.2, 0.25) is 11.8 Å². The van der Waals surface area contributed by atoms with E-state index in [0.717, 1.165) is 12.0 Å². The van der Waals surface area contributed by atoms with Gasteiger partial charge in [-0.15, -0.1) is 0 Å². The smallest absolute Gasteiger partial charge is 0.224 e. The van der Waals surface area contributed by atoms with E-state index in [1.165, 1.54) is 0 Å². The monoisotopic (exact) mass is 256 g/mol. The molecule has 0 aromatic rings. The summed E-state index contributed by atoms with van der Waals surface area (Å²) in [6.07, 6.45) is 1.76. The summed E-state index contributed by atoms with van der Waals surface area (Å²) in [7, 11) is 0. The Labute approximate surface area is 109 Å². The van der Waals surface area contributed by atoms with Crippen LogP contribution in [-0.2, 0) is 14.3 Å². The van der Waals surface area contributed by atoms with Crippen molar-refractivity contribution in [3.8, 4) is 0 Å². The van der Waals surface area contributed by atoms with Gasteiger partial charge in [-0.3, -0.25) is 9.59 Å². The van der Waals surface area contributed by atoms with Gasteiger partial charge in [-0.25, -0.2) is 0 Å². The second kappa shape index (κ2) is 10.8. The lowest BCUT2D eigenvalue weighted by Crippen LogP contribution is -2.30. The summed E-state index contributed by atoms with van der Waals surface area (Å²) in [6.45, 7) is 9.35. The molecule has 0 aliphatic rings. The zero-order chi connectivity index (χ0) is 13.8. The van der Waals surface area contributed by atoms with Gasteiger partial charge in [0, 0.05) is 25.9 Å². The molecule has 0 heterocycles. The summed E-state index contributed by atoms with van der Waals surface area (Å²) in [5.74, 6) is 0.0122. The van der Waals surface area contributed by atoms with Crippen LogP contribution in [-0.4, -0.2) is 38.1 Å². The van der Waals surface area contributed by atoms with Gasteiger partial charge >= 0.3 is 0 Å². The van der Waals surface area contributed by atoms with Crippen LogP contribution in [0.5, 0.6) is 0 Å². The van der Waals surface area contributed by atoms with E-state index in [4.69, 9.17) is 4.74 Å². The maximum Gasteiger partial charge on any atom is 0.224 e. The molecule has 5 nitrogen and oxygen atoms in total. The van der Waals surface area contributed by atoms with E-state index < -0.39 is 0 Å². The first-order valence-corrected chi connectivity index (χ1v) is 6.31. The Balaban J connectivity index is 3.28. The van der Waals surface area contributed by atoms with Crippen LogP contribution in [0.2, 0.25) is 0 Å². The zero-order valence-corrected chi connectivity index (χ0v) is 11.4. The maximum absolute atomic E-state index is 11.2. The first-order chi connectivity index (χ1) is 8.56. The second-order valence-corrected chi connectivity index (χ2v) is 4.20. The summed E-state index contributed by atoms with van der Waals surface area (Å²) in [4.78, 5) is 22.3. The fourth-order valence-electron chi connectivity index (χ4n) is 1.28. The van der Waals surface area contributed by atoms with Gasteiger partial charge in [-0.05, 0) is 13.3 Å². The van der Waals surface area contributed by atoms with Crippen LogP contribution in [0.1, 0.15) is 33.1 Å². The predicted molar refractivity (Wildman–Crippen MR) is 71.2 cm³/mol. The number of nitrogens with one attached hydrogen (secondary N) is 2. The minimum Gasteiger partial charge on any atom is -0.378 e. The summed E-state index contributed by atoms with van der Waals surface area (Å²) in [5.41, 5.74) is 0.840. The molecule has 0 rings (SSSR count). The Morgan fingerprint density at radius 3 is 2.17 bits per heavy atom. The van der Waals surface area contributed by atoms with E-state index in [1.54, 1.807) is 0 Å². The molecule has 0 saturated carbocycles. The Bertz CT molecular complexity index is 277. The van der Waals surface area contributed by atoms with Crippen molar-refractivity contribution in [3.63, 3.8) is 0 Å². The number of carbonyl (C=O) groups is 2. The van der Waals surface area contributed by atoms with Crippen molar-refractivity contribution in [3.05, 3.63) is 12.2 Å². The van der Waals surface area contributed by atoms with Gasteiger partial charge in [0.05, 0.1) is 13.2 Å². The van der Waals surface area contributed by atoms with E-state index in [2.05, 4.69) is 17.2 Å². The topological polar surface area (TPSA) is 67.4 Å². The number of hydrogen-bond donors (Lipinski definition) is 2. The van der Waals surface area contributed by atoms with Gasteiger partial charge in [0.25, 0.3) is 0 Å². The van der Waals surface area contributed by atoms with Crippen LogP contribution in [0.4, 0.5) is 0 Å². The molecule has 0 unspecified atom stereocenters. The Morgan fingerprint density at radius 2 is 1.67 bits per heavy atom. The normalized spacial score (nSPS) is 9.89. The van der Waals surface area contributed by atoms with E-state index in [-0.39, 0.29) is 11.8 Å². The van der Waals surface area contributed by atoms with Crippen molar-refractivity contribution in [2.24, 2.45) is 0 Å². The Kier molecular flexibility index (Phi) is 9.96. The Hall–Kier alpha value is -1.36. The highest BCUT2D eigenvalue weighted by molar-refractivity contribution is 5.78. The molecule has 0 spiro atoms. The minimum absolute atomic E-state index is 0.0395. The molecule has 0 bridgehead atoms. The van der Waals surface area contributed by atoms with E-state index in [0.29, 0.717) is 39.1 Å². The highest BCUT2D eigenvalue weighted by Crippen LogP contribution is 1.93. The standard InChI is InChI=1S/C13H24N2O3/c1-4-5-12(16)14-6-8-18-9-7-15-13(17)10-11(2)3/h2,4-10H2,1,3H3,(H,14,16)(H,15,17). The third-order valence-corrected chi connectivity index (χ3v) is 2.08. The molecule has 0 aromatic carbocycles. The lowest BCUT2D eigenvalue weighted by atomic mass is 10.2. The molecule has 0 aliphatic heterocycles. The number of amides is 2. The van der Waals surface area contributed by atoms with Crippen molar-refractivity contribution >= 4 is 11.8 Å². The van der Waals surface area contributed by atoms with E-state index in [9.17, 15) is 9.59 Å². The third-order valence-electron chi connectivity index (χ3n) is 2.08. The van der Waals surface area contributed by atoms with Gasteiger partial charge in [-0.2, -0.15) is 0 Å². The van der Waals surface area contributed by atoms with Crippen LogP contribution >= 0.6 is 0 Å². The highest BCUT2D eigenvalue weighted by atomic mass is 16.5. The van der Waals surface area contributed by atoms with Crippen molar-refractivity contribution in [1.29, 1.82) is 0 Å².